The van der Waals surface area contributed by atoms with Crippen molar-refractivity contribution in [2.24, 2.45) is 5.73 Å². The van der Waals surface area contributed by atoms with Gasteiger partial charge < -0.3 is 5.73 Å². The minimum absolute atomic E-state index is 0.0887. The lowest BCUT2D eigenvalue weighted by atomic mass is 9.74. The highest BCUT2D eigenvalue weighted by Crippen LogP contribution is 2.38. The number of hydrogen-bond donors (Lipinski definition) is 1. The van der Waals surface area contributed by atoms with Gasteiger partial charge in [-0.15, -0.1) is 0 Å². The molecule has 20 heavy (non-hydrogen) atoms. The van der Waals surface area contributed by atoms with Gasteiger partial charge in [-0.05, 0) is 54.0 Å². The fourth-order valence-electron chi connectivity index (χ4n) is 3.01. The van der Waals surface area contributed by atoms with Gasteiger partial charge in [0, 0.05) is 16.1 Å². The van der Waals surface area contributed by atoms with Gasteiger partial charge in [0.15, 0.2) is 0 Å². The monoisotopic (exact) mass is 305 g/mol. The summed E-state index contributed by atoms with van der Waals surface area (Å²) in [6.07, 6.45) is 2.86. The van der Waals surface area contributed by atoms with E-state index in [-0.39, 0.29) is 6.04 Å². The molecule has 104 valence electrons. The van der Waals surface area contributed by atoms with Crippen LogP contribution in [0.5, 0.6) is 0 Å². The number of benzene rings is 2. The number of nitrogens with two attached hydrogens (primary N) is 1. The maximum Gasteiger partial charge on any atom is 0.0453 e. The highest BCUT2D eigenvalue weighted by Gasteiger charge is 2.27. The molecule has 2 atom stereocenters. The Balaban J connectivity index is 1.66. The van der Waals surface area contributed by atoms with E-state index in [1.54, 1.807) is 0 Å². The van der Waals surface area contributed by atoms with Gasteiger partial charge in [0.25, 0.3) is 0 Å². The van der Waals surface area contributed by atoms with Gasteiger partial charge in [0.2, 0.25) is 0 Å². The maximum absolute atomic E-state index is 6.29. The van der Waals surface area contributed by atoms with Crippen LogP contribution in [0.15, 0.2) is 42.5 Å². The Morgan fingerprint density at radius 3 is 2.45 bits per heavy atom. The van der Waals surface area contributed by atoms with E-state index in [0.29, 0.717) is 16.0 Å². The number of fused-ring (bicyclic) bond motifs is 1. The lowest BCUT2D eigenvalue weighted by Crippen LogP contribution is -2.29. The molecule has 0 radical (unpaired) electrons. The average molecular weight is 306 g/mol. The zero-order chi connectivity index (χ0) is 14.1. The van der Waals surface area contributed by atoms with Gasteiger partial charge in [-0.25, -0.2) is 0 Å². The molecule has 0 aliphatic heterocycles. The van der Waals surface area contributed by atoms with E-state index in [1.165, 1.54) is 11.1 Å². The second-order valence-corrected chi connectivity index (χ2v) is 6.31. The molecule has 2 aromatic rings. The van der Waals surface area contributed by atoms with Crippen LogP contribution in [-0.4, -0.2) is 6.04 Å². The molecule has 3 rings (SSSR count). The minimum atomic E-state index is 0.0887. The van der Waals surface area contributed by atoms with Crippen molar-refractivity contribution in [1.82, 2.24) is 0 Å². The van der Waals surface area contributed by atoms with Crippen molar-refractivity contribution in [2.75, 3.05) is 0 Å². The van der Waals surface area contributed by atoms with Crippen molar-refractivity contribution in [1.29, 1.82) is 0 Å². The Hall–Kier alpha value is -1.02. The van der Waals surface area contributed by atoms with Gasteiger partial charge >= 0.3 is 0 Å². The van der Waals surface area contributed by atoms with Crippen molar-refractivity contribution < 1.29 is 0 Å². The molecule has 0 saturated heterocycles. The second kappa shape index (κ2) is 5.77. The van der Waals surface area contributed by atoms with Gasteiger partial charge in [-0.2, -0.15) is 0 Å². The summed E-state index contributed by atoms with van der Waals surface area (Å²) < 4.78 is 0. The van der Waals surface area contributed by atoms with E-state index in [2.05, 4.69) is 24.3 Å². The second-order valence-electron chi connectivity index (χ2n) is 5.50. The summed E-state index contributed by atoms with van der Waals surface area (Å²) in [5.74, 6) is 0.586. The first-order valence-electron chi connectivity index (χ1n) is 6.91. The zero-order valence-electron chi connectivity index (χ0n) is 11.2. The lowest BCUT2D eigenvalue weighted by molar-refractivity contribution is 0.485. The summed E-state index contributed by atoms with van der Waals surface area (Å²) in [5.41, 5.74) is 10.2. The number of rotatable bonds is 4. The molecule has 0 spiro atoms. The first-order valence-corrected chi connectivity index (χ1v) is 7.67. The third-order valence-electron chi connectivity index (χ3n) is 4.08. The van der Waals surface area contributed by atoms with Gasteiger partial charge in [0.1, 0.15) is 0 Å². The van der Waals surface area contributed by atoms with E-state index in [9.17, 15) is 0 Å². The lowest BCUT2D eigenvalue weighted by Gasteiger charge is -2.32. The third kappa shape index (κ3) is 2.71. The minimum Gasteiger partial charge on any atom is -0.327 e. The molecule has 2 aromatic carbocycles. The molecule has 0 amide bonds. The van der Waals surface area contributed by atoms with Crippen LogP contribution >= 0.6 is 23.2 Å². The molecule has 2 unspecified atom stereocenters. The first kappa shape index (κ1) is 13.9. The topological polar surface area (TPSA) is 26.0 Å². The van der Waals surface area contributed by atoms with Crippen LogP contribution in [0.1, 0.15) is 29.0 Å². The van der Waals surface area contributed by atoms with Crippen molar-refractivity contribution in [3.8, 4) is 0 Å². The molecule has 1 aliphatic carbocycles. The van der Waals surface area contributed by atoms with Crippen LogP contribution in [0.4, 0.5) is 0 Å². The van der Waals surface area contributed by atoms with Crippen molar-refractivity contribution >= 4 is 23.2 Å². The molecular weight excluding hydrogens is 289 g/mol. The summed E-state index contributed by atoms with van der Waals surface area (Å²) in [6, 6.07) is 14.3. The Labute approximate surface area is 129 Å². The summed E-state index contributed by atoms with van der Waals surface area (Å²) in [6.45, 7) is 0. The van der Waals surface area contributed by atoms with Crippen LogP contribution in [0, 0.1) is 0 Å². The standard InChI is InChI=1S/C17H17Cl2N/c18-16-6-3-7-17(19)15(16)10-13(20)9-12-8-11-4-1-2-5-14(11)12/h1-7,12-13H,8-10,20H2. The fourth-order valence-corrected chi connectivity index (χ4v) is 3.56. The Morgan fingerprint density at radius 1 is 1.05 bits per heavy atom. The zero-order valence-corrected chi connectivity index (χ0v) is 12.7. The number of halogens is 2. The molecule has 0 heterocycles. The van der Waals surface area contributed by atoms with Crippen molar-refractivity contribution in [2.45, 2.75) is 31.2 Å². The summed E-state index contributed by atoms with van der Waals surface area (Å²) in [7, 11) is 0. The normalized spacial score (nSPS) is 18.2. The van der Waals surface area contributed by atoms with Crippen LogP contribution in [0.25, 0.3) is 0 Å². The highest BCUT2D eigenvalue weighted by molar-refractivity contribution is 6.36. The van der Waals surface area contributed by atoms with E-state index in [4.69, 9.17) is 28.9 Å². The fraction of sp³-hybridized carbons (Fsp3) is 0.294. The summed E-state index contributed by atoms with van der Waals surface area (Å²) >= 11 is 12.4. The van der Waals surface area contributed by atoms with Gasteiger partial charge in [-0.1, -0.05) is 53.5 Å². The molecule has 1 aliphatic rings. The largest absolute Gasteiger partial charge is 0.327 e. The quantitative estimate of drug-likeness (QED) is 0.878. The predicted octanol–water partition coefficient (Wildman–Crippen LogP) is 4.59. The van der Waals surface area contributed by atoms with E-state index < -0.39 is 0 Å². The highest BCUT2D eigenvalue weighted by atomic mass is 35.5. The van der Waals surface area contributed by atoms with Crippen LogP contribution in [-0.2, 0) is 12.8 Å². The first-order chi connectivity index (χ1) is 9.65. The molecule has 0 fully saturated rings. The predicted molar refractivity (Wildman–Crippen MR) is 85.6 cm³/mol. The molecule has 0 bridgehead atoms. The average Bonchev–Trinajstić information content (AvgIpc) is 2.40. The third-order valence-corrected chi connectivity index (χ3v) is 4.78. The van der Waals surface area contributed by atoms with Crippen molar-refractivity contribution in [3.05, 3.63) is 69.2 Å². The van der Waals surface area contributed by atoms with Crippen LogP contribution < -0.4 is 5.73 Å². The smallest absolute Gasteiger partial charge is 0.0453 e. The summed E-state index contributed by atoms with van der Waals surface area (Å²) in [4.78, 5) is 0. The van der Waals surface area contributed by atoms with Crippen LogP contribution in [0.3, 0.4) is 0 Å². The molecule has 0 saturated carbocycles. The molecular formula is C17H17Cl2N. The maximum atomic E-state index is 6.29. The van der Waals surface area contributed by atoms with E-state index >= 15 is 0 Å². The van der Waals surface area contributed by atoms with Gasteiger partial charge in [0.05, 0.1) is 0 Å². The van der Waals surface area contributed by atoms with Crippen molar-refractivity contribution in [3.63, 3.8) is 0 Å². The van der Waals surface area contributed by atoms with Crippen LogP contribution in [0.2, 0.25) is 10.0 Å². The Kier molecular flexibility index (Phi) is 4.02. The Bertz CT molecular complexity index is 604. The molecule has 1 nitrogen and oxygen atoms in total. The summed E-state index contributed by atoms with van der Waals surface area (Å²) in [5, 5.41) is 1.42. The molecule has 2 N–H and O–H groups in total. The van der Waals surface area contributed by atoms with E-state index in [1.807, 2.05) is 18.2 Å². The molecule has 0 aromatic heterocycles. The molecule has 3 heteroatoms. The SMILES string of the molecule is NC(Cc1c(Cl)cccc1Cl)CC1Cc2ccccc21. The Morgan fingerprint density at radius 2 is 1.75 bits per heavy atom. The van der Waals surface area contributed by atoms with Gasteiger partial charge in [-0.3, -0.25) is 0 Å². The van der Waals surface area contributed by atoms with E-state index in [0.717, 1.165) is 24.8 Å². The number of hydrogen-bond acceptors (Lipinski definition) is 1.